The fourth-order valence-corrected chi connectivity index (χ4v) is 2.10. The van der Waals surface area contributed by atoms with Crippen LogP contribution in [0.4, 0.5) is 4.39 Å². The first kappa shape index (κ1) is 13.2. The van der Waals surface area contributed by atoms with Gasteiger partial charge in [0.1, 0.15) is 5.82 Å². The average Bonchev–Trinajstić information content (AvgIpc) is 2.46. The van der Waals surface area contributed by atoms with E-state index >= 15 is 0 Å². The Balaban J connectivity index is 2.15. The molecule has 3 rings (SSSR count). The highest BCUT2D eigenvalue weighted by molar-refractivity contribution is 5.62. The van der Waals surface area contributed by atoms with Crippen molar-refractivity contribution in [3.63, 3.8) is 0 Å². The van der Waals surface area contributed by atoms with E-state index in [-0.39, 0.29) is 5.89 Å². The highest BCUT2D eigenvalue weighted by Gasteiger charge is 2.09. The lowest BCUT2D eigenvalue weighted by Gasteiger charge is -2.04. The lowest BCUT2D eigenvalue weighted by Crippen LogP contribution is -2.02. The number of benzene rings is 2. The summed E-state index contributed by atoms with van der Waals surface area (Å²) in [6.45, 7) is 1.96. The van der Waals surface area contributed by atoms with Gasteiger partial charge in [0.05, 0.1) is 11.8 Å². The zero-order valence-electron chi connectivity index (χ0n) is 11.3. The van der Waals surface area contributed by atoms with Crippen LogP contribution >= 0.6 is 0 Å². The van der Waals surface area contributed by atoms with Gasteiger partial charge in [0.2, 0.25) is 5.89 Å². The van der Waals surface area contributed by atoms with Crippen molar-refractivity contribution >= 4 is 0 Å². The second-order valence-electron chi connectivity index (χ2n) is 4.75. The maximum absolute atomic E-state index is 13.3. The van der Waals surface area contributed by atoms with Gasteiger partial charge in [-0.25, -0.2) is 14.2 Å². The van der Waals surface area contributed by atoms with E-state index < -0.39 is 11.4 Å². The second-order valence-corrected chi connectivity index (χ2v) is 4.75. The van der Waals surface area contributed by atoms with Crippen molar-refractivity contribution in [3.05, 3.63) is 76.4 Å². The van der Waals surface area contributed by atoms with Crippen molar-refractivity contribution in [1.29, 1.82) is 0 Å². The van der Waals surface area contributed by atoms with Crippen LogP contribution in [0.1, 0.15) is 5.56 Å². The minimum Gasteiger partial charge on any atom is -0.404 e. The number of hydrogen-bond acceptors (Lipinski definition) is 3. The molecule has 1 heterocycles. The smallest absolute Gasteiger partial charge is 0.339 e. The number of nitrogens with zero attached hydrogens (tertiary/aromatic N) is 1. The van der Waals surface area contributed by atoms with Crippen molar-refractivity contribution < 1.29 is 8.81 Å². The standard InChI is InChI=1S/C17H12FNO2/c1-11-4-2-5-12(8-11)15-10-16(20)21-17(19-15)13-6-3-7-14(18)9-13/h2-10H,1H3. The predicted molar refractivity (Wildman–Crippen MR) is 78.3 cm³/mol. The fraction of sp³-hybridized carbons (Fsp3) is 0.0588. The van der Waals surface area contributed by atoms with E-state index in [0.717, 1.165) is 11.1 Å². The van der Waals surface area contributed by atoms with Crippen LogP contribution in [0.15, 0.2) is 63.8 Å². The van der Waals surface area contributed by atoms with Crippen LogP contribution in [0.25, 0.3) is 22.7 Å². The quantitative estimate of drug-likeness (QED) is 0.717. The Morgan fingerprint density at radius 1 is 1.00 bits per heavy atom. The summed E-state index contributed by atoms with van der Waals surface area (Å²) in [6, 6.07) is 14.8. The van der Waals surface area contributed by atoms with Crippen molar-refractivity contribution in [2.45, 2.75) is 6.92 Å². The third-order valence-electron chi connectivity index (χ3n) is 3.06. The largest absolute Gasteiger partial charge is 0.404 e. The first-order chi connectivity index (χ1) is 10.1. The summed E-state index contributed by atoms with van der Waals surface area (Å²) in [5, 5.41) is 0. The molecule has 21 heavy (non-hydrogen) atoms. The molecule has 0 saturated carbocycles. The Hall–Kier alpha value is -2.75. The van der Waals surface area contributed by atoms with Gasteiger partial charge in [-0.1, -0.05) is 29.8 Å². The maximum atomic E-state index is 13.3. The third kappa shape index (κ3) is 2.89. The van der Waals surface area contributed by atoms with Gasteiger partial charge >= 0.3 is 5.63 Å². The first-order valence-electron chi connectivity index (χ1n) is 6.47. The van der Waals surface area contributed by atoms with E-state index in [9.17, 15) is 9.18 Å². The lowest BCUT2D eigenvalue weighted by molar-refractivity contribution is 0.508. The number of halogens is 1. The van der Waals surface area contributed by atoms with E-state index in [0.29, 0.717) is 11.3 Å². The van der Waals surface area contributed by atoms with Gasteiger partial charge in [-0.15, -0.1) is 0 Å². The van der Waals surface area contributed by atoms with Crippen LogP contribution in [-0.2, 0) is 0 Å². The molecular formula is C17H12FNO2. The summed E-state index contributed by atoms with van der Waals surface area (Å²) in [7, 11) is 0. The first-order valence-corrected chi connectivity index (χ1v) is 6.47. The summed E-state index contributed by atoms with van der Waals surface area (Å²) in [5.41, 5.74) is 2.31. The van der Waals surface area contributed by atoms with Gasteiger partial charge in [-0.2, -0.15) is 0 Å². The van der Waals surface area contributed by atoms with Gasteiger partial charge in [0.15, 0.2) is 0 Å². The molecule has 2 aromatic carbocycles. The number of hydrogen-bond donors (Lipinski definition) is 0. The van der Waals surface area contributed by atoms with Crippen molar-refractivity contribution in [3.8, 4) is 22.7 Å². The predicted octanol–water partition coefficient (Wildman–Crippen LogP) is 3.82. The Morgan fingerprint density at radius 2 is 1.76 bits per heavy atom. The lowest BCUT2D eigenvalue weighted by atomic mass is 10.1. The molecule has 4 heteroatoms. The molecule has 0 aliphatic rings. The molecule has 0 saturated heterocycles. The molecule has 0 radical (unpaired) electrons. The topological polar surface area (TPSA) is 43.1 Å². The molecule has 0 aliphatic heterocycles. The molecule has 0 amide bonds. The molecule has 3 aromatic rings. The molecule has 0 unspecified atom stereocenters. The molecule has 3 nitrogen and oxygen atoms in total. The molecule has 0 fully saturated rings. The summed E-state index contributed by atoms with van der Waals surface area (Å²) in [6.07, 6.45) is 0. The van der Waals surface area contributed by atoms with E-state index in [1.165, 1.54) is 18.2 Å². The van der Waals surface area contributed by atoms with Crippen molar-refractivity contribution in [1.82, 2.24) is 4.98 Å². The minimum absolute atomic E-state index is 0.110. The zero-order chi connectivity index (χ0) is 14.8. The van der Waals surface area contributed by atoms with E-state index in [1.54, 1.807) is 12.1 Å². The molecule has 0 spiro atoms. The van der Waals surface area contributed by atoms with Gasteiger partial charge in [0, 0.05) is 11.1 Å². The van der Waals surface area contributed by atoms with E-state index in [4.69, 9.17) is 4.42 Å². The van der Waals surface area contributed by atoms with Gasteiger partial charge < -0.3 is 4.42 Å². The zero-order valence-corrected chi connectivity index (χ0v) is 11.3. The minimum atomic E-state index is -0.513. The average molecular weight is 281 g/mol. The summed E-state index contributed by atoms with van der Waals surface area (Å²) in [5.74, 6) is -0.295. The Labute approximate surface area is 120 Å². The van der Waals surface area contributed by atoms with Crippen LogP contribution in [-0.4, -0.2) is 4.98 Å². The van der Waals surface area contributed by atoms with Crippen LogP contribution < -0.4 is 5.63 Å². The second kappa shape index (κ2) is 5.32. The molecule has 0 N–H and O–H groups in total. The summed E-state index contributed by atoms with van der Waals surface area (Å²) >= 11 is 0. The van der Waals surface area contributed by atoms with E-state index in [1.807, 2.05) is 31.2 Å². The summed E-state index contributed by atoms with van der Waals surface area (Å²) in [4.78, 5) is 16.1. The maximum Gasteiger partial charge on any atom is 0.339 e. The third-order valence-corrected chi connectivity index (χ3v) is 3.06. The fourth-order valence-electron chi connectivity index (χ4n) is 2.10. The highest BCUT2D eigenvalue weighted by Crippen LogP contribution is 2.22. The molecule has 1 aromatic heterocycles. The molecule has 0 atom stereocenters. The molecular weight excluding hydrogens is 269 g/mol. The normalized spacial score (nSPS) is 10.6. The van der Waals surface area contributed by atoms with Crippen molar-refractivity contribution in [2.75, 3.05) is 0 Å². The number of aromatic nitrogens is 1. The molecule has 0 bridgehead atoms. The SMILES string of the molecule is Cc1cccc(-c2cc(=O)oc(-c3cccc(F)c3)n2)c1. The van der Waals surface area contributed by atoms with Crippen molar-refractivity contribution in [2.24, 2.45) is 0 Å². The van der Waals surface area contributed by atoms with Crippen LogP contribution in [0.5, 0.6) is 0 Å². The molecule has 104 valence electrons. The highest BCUT2D eigenvalue weighted by atomic mass is 19.1. The van der Waals surface area contributed by atoms with Crippen LogP contribution in [0.2, 0.25) is 0 Å². The van der Waals surface area contributed by atoms with Gasteiger partial charge in [0.25, 0.3) is 0 Å². The number of aryl methyl sites for hydroxylation is 1. The van der Waals surface area contributed by atoms with Crippen LogP contribution in [0, 0.1) is 12.7 Å². The molecule has 0 aliphatic carbocycles. The van der Waals surface area contributed by atoms with Crippen LogP contribution in [0.3, 0.4) is 0 Å². The monoisotopic (exact) mass is 281 g/mol. The Morgan fingerprint density at radius 3 is 2.52 bits per heavy atom. The Bertz CT molecular complexity index is 788. The van der Waals surface area contributed by atoms with Gasteiger partial charge in [-0.05, 0) is 31.2 Å². The Kier molecular flexibility index (Phi) is 3.36. The van der Waals surface area contributed by atoms with Gasteiger partial charge in [-0.3, -0.25) is 0 Å². The summed E-state index contributed by atoms with van der Waals surface area (Å²) < 4.78 is 18.4. The number of rotatable bonds is 2. The van der Waals surface area contributed by atoms with E-state index in [2.05, 4.69) is 4.98 Å².